The van der Waals surface area contributed by atoms with Crippen molar-refractivity contribution in [3.63, 3.8) is 0 Å². The Balaban J connectivity index is 2.04. The van der Waals surface area contributed by atoms with E-state index in [-0.39, 0.29) is 5.91 Å². The maximum absolute atomic E-state index is 12.4. The predicted molar refractivity (Wildman–Crippen MR) is 84.2 cm³/mol. The Morgan fingerprint density at radius 2 is 2.10 bits per heavy atom. The van der Waals surface area contributed by atoms with Gasteiger partial charge in [0.2, 0.25) is 0 Å². The Bertz CT molecular complexity index is 484. The number of carbonyl (C=O) groups is 1. The lowest BCUT2D eigenvalue weighted by molar-refractivity contribution is 0.0926. The molecule has 3 atom stereocenters. The zero-order valence-electron chi connectivity index (χ0n) is 13.0. The average Bonchev–Trinajstić information content (AvgIpc) is 2.79. The fourth-order valence-corrected chi connectivity index (χ4v) is 3.36. The minimum atomic E-state index is 0.0596. The number of amides is 1. The van der Waals surface area contributed by atoms with E-state index < -0.39 is 0 Å². The molecule has 1 amide bonds. The highest BCUT2D eigenvalue weighted by atomic mass is 16.1. The van der Waals surface area contributed by atoms with Gasteiger partial charge in [-0.25, -0.2) is 0 Å². The van der Waals surface area contributed by atoms with Gasteiger partial charge in [0, 0.05) is 24.3 Å². The molecule has 0 radical (unpaired) electrons. The first-order valence-electron chi connectivity index (χ1n) is 7.66. The highest BCUT2D eigenvalue weighted by Gasteiger charge is 2.32. The molecule has 3 heteroatoms. The van der Waals surface area contributed by atoms with Gasteiger partial charge in [-0.15, -0.1) is 0 Å². The molecule has 110 valence electrons. The van der Waals surface area contributed by atoms with Crippen molar-refractivity contribution in [2.45, 2.75) is 46.1 Å². The molecule has 3 unspecified atom stereocenters. The largest absolute Gasteiger partial charge is 0.388 e. The minimum Gasteiger partial charge on any atom is -0.388 e. The minimum absolute atomic E-state index is 0.0596. The van der Waals surface area contributed by atoms with Crippen LogP contribution in [0.2, 0.25) is 0 Å². The quantitative estimate of drug-likeness (QED) is 0.881. The number of carbonyl (C=O) groups excluding carboxylic acids is 1. The molecule has 0 heterocycles. The summed E-state index contributed by atoms with van der Waals surface area (Å²) in [5.41, 5.74) is 2.93. The lowest BCUT2D eigenvalue weighted by Crippen LogP contribution is -2.37. The third-order valence-corrected chi connectivity index (χ3v) is 4.83. The van der Waals surface area contributed by atoms with Gasteiger partial charge < -0.3 is 10.6 Å². The van der Waals surface area contributed by atoms with E-state index in [1.54, 1.807) is 0 Å². The summed E-state index contributed by atoms with van der Waals surface area (Å²) in [7, 11) is 1.90. The van der Waals surface area contributed by atoms with Crippen molar-refractivity contribution in [3.8, 4) is 0 Å². The third-order valence-electron chi connectivity index (χ3n) is 4.83. The van der Waals surface area contributed by atoms with E-state index in [1.165, 1.54) is 12.8 Å². The third kappa shape index (κ3) is 2.97. The van der Waals surface area contributed by atoms with E-state index in [0.29, 0.717) is 12.0 Å². The van der Waals surface area contributed by atoms with E-state index in [2.05, 4.69) is 24.5 Å². The fraction of sp³-hybridized carbons (Fsp3) is 0.588. The molecule has 1 aliphatic rings. The molecule has 1 aromatic carbocycles. The SMILES string of the molecule is CCC1CCC(NC(=O)c2ccc(NC)c(C)c2)C1C. The highest BCUT2D eigenvalue weighted by molar-refractivity contribution is 5.95. The van der Waals surface area contributed by atoms with Gasteiger partial charge in [0.05, 0.1) is 0 Å². The van der Waals surface area contributed by atoms with Crippen molar-refractivity contribution < 1.29 is 4.79 Å². The molecular formula is C17H26N2O. The Labute approximate surface area is 122 Å². The van der Waals surface area contributed by atoms with Crippen molar-refractivity contribution in [2.24, 2.45) is 11.8 Å². The summed E-state index contributed by atoms with van der Waals surface area (Å²) in [4.78, 5) is 12.4. The first-order valence-corrected chi connectivity index (χ1v) is 7.66. The van der Waals surface area contributed by atoms with Crippen LogP contribution in [0.15, 0.2) is 18.2 Å². The van der Waals surface area contributed by atoms with Crippen LogP contribution in [-0.2, 0) is 0 Å². The van der Waals surface area contributed by atoms with E-state index in [0.717, 1.165) is 29.2 Å². The van der Waals surface area contributed by atoms with Gasteiger partial charge in [0.25, 0.3) is 5.91 Å². The van der Waals surface area contributed by atoms with Crippen LogP contribution in [0, 0.1) is 18.8 Å². The molecule has 1 aliphatic carbocycles. The molecule has 1 aromatic rings. The second kappa shape index (κ2) is 6.29. The Morgan fingerprint density at radius 3 is 2.65 bits per heavy atom. The van der Waals surface area contributed by atoms with Crippen LogP contribution >= 0.6 is 0 Å². The van der Waals surface area contributed by atoms with Gasteiger partial charge in [-0.1, -0.05) is 20.3 Å². The number of aryl methyl sites for hydroxylation is 1. The zero-order chi connectivity index (χ0) is 14.7. The van der Waals surface area contributed by atoms with Gasteiger partial charge in [-0.05, 0) is 55.4 Å². The molecule has 1 fully saturated rings. The summed E-state index contributed by atoms with van der Waals surface area (Å²) >= 11 is 0. The monoisotopic (exact) mass is 274 g/mol. The van der Waals surface area contributed by atoms with Crippen LogP contribution < -0.4 is 10.6 Å². The van der Waals surface area contributed by atoms with Crippen LogP contribution in [0.1, 0.15) is 49.0 Å². The zero-order valence-corrected chi connectivity index (χ0v) is 13.0. The topological polar surface area (TPSA) is 41.1 Å². The Morgan fingerprint density at radius 1 is 1.35 bits per heavy atom. The smallest absolute Gasteiger partial charge is 0.251 e. The number of benzene rings is 1. The summed E-state index contributed by atoms with van der Waals surface area (Å²) in [5, 5.41) is 6.34. The van der Waals surface area contributed by atoms with E-state index in [4.69, 9.17) is 0 Å². The molecule has 0 bridgehead atoms. The molecule has 3 nitrogen and oxygen atoms in total. The molecule has 20 heavy (non-hydrogen) atoms. The lowest BCUT2D eigenvalue weighted by Gasteiger charge is -2.21. The second-order valence-electron chi connectivity index (χ2n) is 5.96. The molecule has 0 spiro atoms. The summed E-state index contributed by atoms with van der Waals surface area (Å²) in [6.07, 6.45) is 3.56. The van der Waals surface area contributed by atoms with Gasteiger partial charge in [-0.2, -0.15) is 0 Å². The van der Waals surface area contributed by atoms with Crippen molar-refractivity contribution in [1.29, 1.82) is 0 Å². The summed E-state index contributed by atoms with van der Waals surface area (Å²) < 4.78 is 0. The predicted octanol–water partition coefficient (Wildman–Crippen LogP) is 3.59. The molecule has 2 rings (SSSR count). The number of rotatable bonds is 4. The normalized spacial score (nSPS) is 25.5. The molecule has 2 N–H and O–H groups in total. The van der Waals surface area contributed by atoms with Crippen LogP contribution in [0.25, 0.3) is 0 Å². The Hall–Kier alpha value is -1.51. The maximum atomic E-state index is 12.4. The molecular weight excluding hydrogens is 248 g/mol. The van der Waals surface area contributed by atoms with E-state index in [1.807, 2.05) is 32.2 Å². The van der Waals surface area contributed by atoms with Gasteiger partial charge >= 0.3 is 0 Å². The van der Waals surface area contributed by atoms with Gasteiger partial charge in [0.1, 0.15) is 0 Å². The van der Waals surface area contributed by atoms with Crippen LogP contribution in [-0.4, -0.2) is 19.0 Å². The second-order valence-corrected chi connectivity index (χ2v) is 5.96. The number of hydrogen-bond acceptors (Lipinski definition) is 2. The van der Waals surface area contributed by atoms with Crippen molar-refractivity contribution in [3.05, 3.63) is 29.3 Å². The van der Waals surface area contributed by atoms with Crippen LogP contribution in [0.3, 0.4) is 0 Å². The fourth-order valence-electron chi connectivity index (χ4n) is 3.36. The lowest BCUT2D eigenvalue weighted by atomic mass is 9.93. The van der Waals surface area contributed by atoms with Crippen molar-refractivity contribution in [1.82, 2.24) is 5.32 Å². The summed E-state index contributed by atoms with van der Waals surface area (Å²) in [6.45, 7) is 6.53. The highest BCUT2D eigenvalue weighted by Crippen LogP contribution is 2.34. The molecule has 0 saturated heterocycles. The van der Waals surface area contributed by atoms with Crippen LogP contribution in [0.5, 0.6) is 0 Å². The first kappa shape index (κ1) is 14.9. The van der Waals surface area contributed by atoms with Crippen molar-refractivity contribution in [2.75, 3.05) is 12.4 Å². The first-order chi connectivity index (χ1) is 9.56. The number of hydrogen-bond donors (Lipinski definition) is 2. The van der Waals surface area contributed by atoms with Crippen LogP contribution in [0.4, 0.5) is 5.69 Å². The Kier molecular flexibility index (Phi) is 4.69. The standard InChI is InChI=1S/C17H26N2O/c1-5-13-6-9-16(12(13)3)19-17(20)14-7-8-15(18-4)11(2)10-14/h7-8,10,12-13,16,18H,5-6,9H2,1-4H3,(H,19,20). The average molecular weight is 274 g/mol. The van der Waals surface area contributed by atoms with E-state index in [9.17, 15) is 4.79 Å². The van der Waals surface area contributed by atoms with E-state index >= 15 is 0 Å². The maximum Gasteiger partial charge on any atom is 0.251 e. The van der Waals surface area contributed by atoms with Gasteiger partial charge in [0.15, 0.2) is 0 Å². The molecule has 0 aromatic heterocycles. The molecule has 0 aliphatic heterocycles. The number of anilines is 1. The van der Waals surface area contributed by atoms with Gasteiger partial charge in [-0.3, -0.25) is 4.79 Å². The number of nitrogens with one attached hydrogen (secondary N) is 2. The summed E-state index contributed by atoms with van der Waals surface area (Å²) in [5.74, 6) is 1.40. The van der Waals surface area contributed by atoms with Crippen molar-refractivity contribution >= 4 is 11.6 Å². The summed E-state index contributed by atoms with van der Waals surface area (Å²) in [6, 6.07) is 6.15. The molecule has 1 saturated carbocycles.